The van der Waals surface area contributed by atoms with Gasteiger partial charge < -0.3 is 24.6 Å². The maximum Gasteiger partial charge on any atom is 0.417 e. The predicted molar refractivity (Wildman–Crippen MR) is 138 cm³/mol. The van der Waals surface area contributed by atoms with E-state index in [-0.39, 0.29) is 36.9 Å². The highest BCUT2D eigenvalue weighted by Gasteiger charge is 2.40. The zero-order chi connectivity index (χ0) is 28.2. The van der Waals surface area contributed by atoms with E-state index in [0.717, 1.165) is 23.6 Å². The van der Waals surface area contributed by atoms with E-state index >= 15 is 0 Å². The van der Waals surface area contributed by atoms with Crippen molar-refractivity contribution in [2.45, 2.75) is 57.7 Å². The SMILES string of the molecule is CCCc1c(OCCCOc2ccc(C(=O)NC)c(C(F)(F)F)c2CC2C=C2)ccc2c1OC(C(=O)O)CC2. The fourth-order valence-electron chi connectivity index (χ4n) is 4.77. The first-order chi connectivity index (χ1) is 18.6. The Hall–Kier alpha value is -3.69. The Morgan fingerprint density at radius 2 is 1.74 bits per heavy atom. The van der Waals surface area contributed by atoms with Gasteiger partial charge in [0.05, 0.1) is 24.3 Å². The summed E-state index contributed by atoms with van der Waals surface area (Å²) in [6, 6.07) is 6.29. The van der Waals surface area contributed by atoms with E-state index in [9.17, 15) is 27.9 Å². The van der Waals surface area contributed by atoms with E-state index < -0.39 is 35.3 Å². The molecule has 2 aromatic rings. The van der Waals surface area contributed by atoms with Crippen LogP contribution in [-0.4, -0.2) is 43.3 Å². The lowest BCUT2D eigenvalue weighted by molar-refractivity contribution is -0.145. The van der Waals surface area contributed by atoms with Crippen molar-refractivity contribution in [3.05, 3.63) is 64.2 Å². The standard InChI is InChI=1S/C29H32F3NO6/c1-3-5-19-22(11-8-18-9-12-24(28(35)36)39-26(18)19)37-14-4-15-38-23-13-10-20(27(34)33-2)25(29(30,31)32)21(23)16-17-6-7-17/h6-8,10-11,13,17,24H,3-5,9,12,14-16H2,1-2H3,(H,33,34)(H,35,36). The minimum atomic E-state index is -4.72. The zero-order valence-corrected chi connectivity index (χ0v) is 21.9. The lowest BCUT2D eigenvalue weighted by atomic mass is 9.94. The van der Waals surface area contributed by atoms with E-state index in [1.807, 2.05) is 19.1 Å². The van der Waals surface area contributed by atoms with Crippen molar-refractivity contribution in [2.24, 2.45) is 5.92 Å². The number of nitrogens with one attached hydrogen (secondary N) is 1. The number of carbonyl (C=O) groups is 2. The number of carbonyl (C=O) groups excluding carboxylic acids is 1. The zero-order valence-electron chi connectivity index (χ0n) is 21.9. The molecule has 2 aliphatic rings. The first-order valence-electron chi connectivity index (χ1n) is 13.1. The number of carboxylic acid groups (broad SMARTS) is 1. The lowest BCUT2D eigenvalue weighted by Crippen LogP contribution is -2.31. The number of halogens is 3. The topological polar surface area (TPSA) is 94.1 Å². The molecule has 0 radical (unpaired) electrons. The Balaban J connectivity index is 1.45. The van der Waals surface area contributed by atoms with E-state index in [0.29, 0.717) is 37.2 Å². The Morgan fingerprint density at radius 1 is 1.08 bits per heavy atom. The van der Waals surface area contributed by atoms with Gasteiger partial charge in [-0.25, -0.2) is 4.79 Å². The van der Waals surface area contributed by atoms with Gasteiger partial charge in [0.15, 0.2) is 6.10 Å². The predicted octanol–water partition coefficient (Wildman–Crippen LogP) is 5.37. The van der Waals surface area contributed by atoms with Gasteiger partial charge in [-0.05, 0) is 55.4 Å². The summed E-state index contributed by atoms with van der Waals surface area (Å²) in [6.07, 6.45) is 0.948. The van der Waals surface area contributed by atoms with Crippen molar-refractivity contribution < 1.29 is 42.1 Å². The van der Waals surface area contributed by atoms with Crippen LogP contribution in [0.2, 0.25) is 0 Å². The molecule has 1 heterocycles. The highest BCUT2D eigenvalue weighted by Crippen LogP contribution is 2.42. The molecule has 1 aliphatic heterocycles. The Kier molecular flexibility index (Phi) is 8.72. The number of aliphatic carboxylic acids is 1. The number of hydrogen-bond acceptors (Lipinski definition) is 5. The summed E-state index contributed by atoms with van der Waals surface area (Å²) in [5.74, 6) is -0.646. The third-order valence-corrected chi connectivity index (χ3v) is 6.74. The largest absolute Gasteiger partial charge is 0.493 e. The Morgan fingerprint density at radius 3 is 2.33 bits per heavy atom. The first kappa shape index (κ1) is 28.3. The molecular formula is C29H32F3NO6. The number of allylic oxidation sites excluding steroid dienone is 2. The fraction of sp³-hybridized carbons (Fsp3) is 0.448. The van der Waals surface area contributed by atoms with Crippen molar-refractivity contribution in [1.29, 1.82) is 0 Å². The number of benzene rings is 2. The van der Waals surface area contributed by atoms with Gasteiger partial charge in [0, 0.05) is 24.6 Å². The van der Waals surface area contributed by atoms with E-state index in [2.05, 4.69) is 5.32 Å². The molecule has 1 amide bonds. The summed E-state index contributed by atoms with van der Waals surface area (Å²) in [5.41, 5.74) is 0.331. The molecule has 0 saturated heterocycles. The maximum absolute atomic E-state index is 14.1. The smallest absolute Gasteiger partial charge is 0.417 e. The van der Waals surface area contributed by atoms with Crippen molar-refractivity contribution in [3.8, 4) is 17.2 Å². The van der Waals surface area contributed by atoms with Gasteiger partial charge in [0.2, 0.25) is 0 Å². The minimum absolute atomic E-state index is 0.0374. The molecule has 7 nitrogen and oxygen atoms in total. The third-order valence-electron chi connectivity index (χ3n) is 6.74. The van der Waals surface area contributed by atoms with Gasteiger partial charge in [-0.3, -0.25) is 4.79 Å². The van der Waals surface area contributed by atoms with Crippen LogP contribution in [0.4, 0.5) is 13.2 Å². The van der Waals surface area contributed by atoms with Crippen LogP contribution in [0, 0.1) is 5.92 Å². The Labute approximate surface area is 224 Å². The molecule has 10 heteroatoms. The fourth-order valence-corrected chi connectivity index (χ4v) is 4.77. The van der Waals surface area contributed by atoms with E-state index in [4.69, 9.17) is 14.2 Å². The third kappa shape index (κ3) is 6.66. The van der Waals surface area contributed by atoms with Crippen LogP contribution in [0.3, 0.4) is 0 Å². The number of alkyl halides is 3. The van der Waals surface area contributed by atoms with Crippen LogP contribution >= 0.6 is 0 Å². The molecular weight excluding hydrogens is 515 g/mol. The van der Waals surface area contributed by atoms with Gasteiger partial charge in [-0.15, -0.1) is 0 Å². The summed E-state index contributed by atoms with van der Waals surface area (Å²) >= 11 is 0. The highest BCUT2D eigenvalue weighted by atomic mass is 19.4. The number of amides is 1. The summed E-state index contributed by atoms with van der Waals surface area (Å²) in [7, 11) is 1.29. The maximum atomic E-state index is 14.1. The molecule has 1 unspecified atom stereocenters. The minimum Gasteiger partial charge on any atom is -0.493 e. The first-order valence-corrected chi connectivity index (χ1v) is 13.1. The van der Waals surface area contributed by atoms with E-state index in [1.165, 1.54) is 13.1 Å². The molecule has 2 aromatic carbocycles. The molecule has 4 rings (SSSR count). The molecule has 0 bridgehead atoms. The number of ether oxygens (including phenoxy) is 3. The van der Waals surface area contributed by atoms with Gasteiger partial charge in [-0.1, -0.05) is 31.6 Å². The molecule has 1 aliphatic carbocycles. The van der Waals surface area contributed by atoms with Crippen molar-refractivity contribution >= 4 is 11.9 Å². The van der Waals surface area contributed by atoms with Gasteiger partial charge in [0.1, 0.15) is 17.2 Å². The average molecular weight is 548 g/mol. The van der Waals surface area contributed by atoms with Gasteiger partial charge >= 0.3 is 12.1 Å². The van der Waals surface area contributed by atoms with Crippen LogP contribution in [0.1, 0.15) is 58.8 Å². The van der Waals surface area contributed by atoms with E-state index in [1.54, 1.807) is 12.2 Å². The van der Waals surface area contributed by atoms with Crippen LogP contribution in [-0.2, 0) is 30.2 Å². The second kappa shape index (κ2) is 12.0. The lowest BCUT2D eigenvalue weighted by Gasteiger charge is -2.26. The average Bonchev–Trinajstić information content (AvgIpc) is 3.72. The number of fused-ring (bicyclic) bond motifs is 1. The van der Waals surface area contributed by atoms with Gasteiger partial charge in [0.25, 0.3) is 5.91 Å². The molecule has 0 spiro atoms. The van der Waals surface area contributed by atoms with Crippen LogP contribution in [0.15, 0.2) is 36.4 Å². The molecule has 2 N–H and O–H groups in total. The summed E-state index contributed by atoms with van der Waals surface area (Å²) in [6.45, 7) is 2.35. The van der Waals surface area contributed by atoms with Crippen LogP contribution in [0.25, 0.3) is 0 Å². The normalized spacial score (nSPS) is 16.3. The monoisotopic (exact) mass is 547 g/mol. The summed E-state index contributed by atoms with van der Waals surface area (Å²) in [5, 5.41) is 11.7. The van der Waals surface area contributed by atoms with Crippen molar-refractivity contribution in [3.63, 3.8) is 0 Å². The number of aryl methyl sites for hydroxylation is 1. The van der Waals surface area contributed by atoms with Gasteiger partial charge in [-0.2, -0.15) is 13.2 Å². The molecule has 0 aromatic heterocycles. The summed E-state index contributed by atoms with van der Waals surface area (Å²) in [4.78, 5) is 23.6. The number of rotatable bonds is 12. The van der Waals surface area contributed by atoms with Crippen molar-refractivity contribution in [1.82, 2.24) is 5.32 Å². The molecule has 39 heavy (non-hydrogen) atoms. The highest BCUT2D eigenvalue weighted by molar-refractivity contribution is 5.96. The number of carboxylic acids is 1. The number of hydrogen-bond donors (Lipinski definition) is 2. The van der Waals surface area contributed by atoms with Crippen LogP contribution < -0.4 is 19.5 Å². The molecule has 1 atom stereocenters. The molecule has 0 fully saturated rings. The molecule has 210 valence electrons. The Bertz CT molecular complexity index is 1250. The second-order valence-electron chi connectivity index (χ2n) is 9.61. The van der Waals surface area contributed by atoms with Crippen LogP contribution in [0.5, 0.6) is 17.2 Å². The quantitative estimate of drug-likeness (QED) is 0.274. The second-order valence-corrected chi connectivity index (χ2v) is 9.61. The van der Waals surface area contributed by atoms with Crippen molar-refractivity contribution in [2.75, 3.05) is 20.3 Å². The summed E-state index contributed by atoms with van der Waals surface area (Å²) < 4.78 is 59.7. The molecule has 0 saturated carbocycles.